The largest absolute Gasteiger partial charge is 0.480 e. The molecule has 3 fully saturated rings. The molecular weight excluding hydrogens is 298 g/mol. The van der Waals surface area contributed by atoms with Crippen LogP contribution in [0.15, 0.2) is 0 Å². The van der Waals surface area contributed by atoms with Crippen molar-refractivity contribution in [1.82, 2.24) is 14.7 Å². The first-order valence-corrected chi connectivity index (χ1v) is 8.65. The zero-order chi connectivity index (χ0) is 16.4. The molecule has 0 aliphatic carbocycles. The van der Waals surface area contributed by atoms with Gasteiger partial charge in [-0.1, -0.05) is 0 Å². The number of carboxylic acids is 1. The van der Waals surface area contributed by atoms with Crippen molar-refractivity contribution in [2.24, 2.45) is 5.92 Å². The van der Waals surface area contributed by atoms with Gasteiger partial charge in [0.2, 0.25) is 5.91 Å². The standard InChI is InChI=1S/C16H25N3O4/c20-14(19-10-4-6-13(19)15(21)22)12-5-3-9-18(11-12)16(23)17-7-1-2-8-17/h12-13H,1-11H2,(H,21,22)/t12?,13-/m0/s1. The van der Waals surface area contributed by atoms with Crippen molar-refractivity contribution in [1.29, 1.82) is 0 Å². The average molecular weight is 323 g/mol. The van der Waals surface area contributed by atoms with Crippen LogP contribution in [-0.4, -0.2) is 76.5 Å². The molecule has 2 atom stereocenters. The lowest BCUT2D eigenvalue weighted by atomic mass is 9.96. The second-order valence-corrected chi connectivity index (χ2v) is 6.79. The van der Waals surface area contributed by atoms with Gasteiger partial charge in [-0.3, -0.25) is 4.79 Å². The van der Waals surface area contributed by atoms with E-state index in [1.807, 2.05) is 4.90 Å². The zero-order valence-electron chi connectivity index (χ0n) is 13.4. The lowest BCUT2D eigenvalue weighted by Gasteiger charge is -2.36. The van der Waals surface area contributed by atoms with E-state index in [9.17, 15) is 19.5 Å². The van der Waals surface area contributed by atoms with Crippen molar-refractivity contribution in [3.05, 3.63) is 0 Å². The molecular formula is C16H25N3O4. The number of hydrogen-bond donors (Lipinski definition) is 1. The van der Waals surface area contributed by atoms with Gasteiger partial charge in [0.25, 0.3) is 0 Å². The maximum Gasteiger partial charge on any atom is 0.326 e. The van der Waals surface area contributed by atoms with E-state index in [0.29, 0.717) is 26.1 Å². The zero-order valence-corrected chi connectivity index (χ0v) is 13.4. The number of amides is 3. The highest BCUT2D eigenvalue weighted by molar-refractivity contribution is 5.86. The van der Waals surface area contributed by atoms with Gasteiger partial charge in [-0.2, -0.15) is 0 Å². The first kappa shape index (κ1) is 16.1. The van der Waals surface area contributed by atoms with Gasteiger partial charge in [-0.15, -0.1) is 0 Å². The van der Waals surface area contributed by atoms with Gasteiger partial charge in [0.15, 0.2) is 0 Å². The Morgan fingerprint density at radius 2 is 1.48 bits per heavy atom. The molecule has 0 spiro atoms. The summed E-state index contributed by atoms with van der Waals surface area (Å²) in [6.45, 7) is 3.26. The van der Waals surface area contributed by atoms with Crippen LogP contribution in [0.25, 0.3) is 0 Å². The van der Waals surface area contributed by atoms with Crippen LogP contribution in [0.3, 0.4) is 0 Å². The predicted octanol–water partition coefficient (Wildman–Crippen LogP) is 0.990. The number of piperidine rings is 1. The molecule has 0 aromatic carbocycles. The molecule has 7 nitrogen and oxygen atoms in total. The summed E-state index contributed by atoms with van der Waals surface area (Å²) in [6.07, 6.45) is 4.93. The first-order valence-electron chi connectivity index (χ1n) is 8.65. The number of aliphatic carboxylic acids is 1. The Kier molecular flexibility index (Phi) is 4.73. The minimum Gasteiger partial charge on any atom is -0.480 e. The number of carbonyl (C=O) groups is 3. The smallest absolute Gasteiger partial charge is 0.326 e. The lowest BCUT2D eigenvalue weighted by molar-refractivity contribution is -0.150. The van der Waals surface area contributed by atoms with Crippen LogP contribution in [0.1, 0.15) is 38.5 Å². The van der Waals surface area contributed by atoms with Crippen LogP contribution in [0.2, 0.25) is 0 Å². The molecule has 7 heteroatoms. The molecule has 1 N–H and O–H groups in total. The topological polar surface area (TPSA) is 81.2 Å². The van der Waals surface area contributed by atoms with Crippen LogP contribution in [0, 0.1) is 5.92 Å². The van der Waals surface area contributed by atoms with Crippen molar-refractivity contribution >= 4 is 17.9 Å². The van der Waals surface area contributed by atoms with E-state index in [-0.39, 0.29) is 17.9 Å². The number of likely N-dealkylation sites (tertiary alicyclic amines) is 3. The molecule has 0 aromatic heterocycles. The summed E-state index contributed by atoms with van der Waals surface area (Å²) < 4.78 is 0. The minimum atomic E-state index is -0.920. The molecule has 3 rings (SSSR count). The van der Waals surface area contributed by atoms with E-state index in [0.717, 1.165) is 45.2 Å². The molecule has 128 valence electrons. The highest BCUT2D eigenvalue weighted by atomic mass is 16.4. The Labute approximate surface area is 136 Å². The van der Waals surface area contributed by atoms with Gasteiger partial charge in [0.05, 0.1) is 5.92 Å². The molecule has 0 aromatic rings. The molecule has 3 heterocycles. The third-order valence-electron chi connectivity index (χ3n) is 5.24. The highest BCUT2D eigenvalue weighted by Gasteiger charge is 2.39. The molecule has 0 bridgehead atoms. The minimum absolute atomic E-state index is 0.0382. The van der Waals surface area contributed by atoms with Crippen LogP contribution < -0.4 is 0 Å². The third kappa shape index (κ3) is 3.28. The summed E-state index contributed by atoms with van der Waals surface area (Å²) in [5.41, 5.74) is 0. The number of carboxylic acid groups (broad SMARTS) is 1. The van der Waals surface area contributed by atoms with Crippen molar-refractivity contribution in [2.45, 2.75) is 44.6 Å². The van der Waals surface area contributed by atoms with E-state index < -0.39 is 12.0 Å². The summed E-state index contributed by atoms with van der Waals surface area (Å²) in [7, 11) is 0. The van der Waals surface area contributed by atoms with Crippen LogP contribution in [0.5, 0.6) is 0 Å². The Balaban J connectivity index is 1.62. The van der Waals surface area contributed by atoms with E-state index in [1.165, 1.54) is 4.90 Å². The fourth-order valence-electron chi connectivity index (χ4n) is 3.98. The summed E-state index contributed by atoms with van der Waals surface area (Å²) in [6, 6.07) is -0.650. The van der Waals surface area contributed by atoms with E-state index in [2.05, 4.69) is 0 Å². The van der Waals surface area contributed by atoms with Crippen molar-refractivity contribution in [3.8, 4) is 0 Å². The molecule has 3 aliphatic rings. The number of urea groups is 1. The van der Waals surface area contributed by atoms with Crippen LogP contribution in [0.4, 0.5) is 4.79 Å². The summed E-state index contributed by atoms with van der Waals surface area (Å²) in [4.78, 5) is 41.6. The van der Waals surface area contributed by atoms with Gasteiger partial charge in [-0.05, 0) is 38.5 Å². The predicted molar refractivity (Wildman–Crippen MR) is 82.9 cm³/mol. The monoisotopic (exact) mass is 323 g/mol. The molecule has 23 heavy (non-hydrogen) atoms. The van der Waals surface area contributed by atoms with E-state index >= 15 is 0 Å². The van der Waals surface area contributed by atoms with E-state index in [4.69, 9.17) is 0 Å². The molecule has 0 radical (unpaired) electrons. The molecule has 3 amide bonds. The quantitative estimate of drug-likeness (QED) is 0.822. The SMILES string of the molecule is O=C(O)[C@@H]1CCCN1C(=O)C1CCCN(C(=O)N2CCCC2)C1. The highest BCUT2D eigenvalue weighted by Crippen LogP contribution is 2.25. The summed E-state index contributed by atoms with van der Waals surface area (Å²) in [5, 5.41) is 9.25. The summed E-state index contributed by atoms with van der Waals surface area (Å²) >= 11 is 0. The fraction of sp³-hybridized carbons (Fsp3) is 0.812. The fourth-order valence-corrected chi connectivity index (χ4v) is 3.98. The normalized spacial score (nSPS) is 28.3. The second kappa shape index (κ2) is 6.76. The third-order valence-corrected chi connectivity index (χ3v) is 5.24. The van der Waals surface area contributed by atoms with Crippen molar-refractivity contribution < 1.29 is 19.5 Å². The Morgan fingerprint density at radius 1 is 0.826 bits per heavy atom. The maximum atomic E-state index is 12.7. The van der Waals surface area contributed by atoms with Crippen molar-refractivity contribution in [2.75, 3.05) is 32.7 Å². The van der Waals surface area contributed by atoms with Gasteiger partial charge in [0.1, 0.15) is 6.04 Å². The molecule has 3 aliphatic heterocycles. The Morgan fingerprint density at radius 3 is 2.17 bits per heavy atom. The van der Waals surface area contributed by atoms with E-state index in [1.54, 1.807) is 4.90 Å². The number of nitrogens with zero attached hydrogens (tertiary/aromatic N) is 3. The van der Waals surface area contributed by atoms with Crippen molar-refractivity contribution in [3.63, 3.8) is 0 Å². The van der Waals surface area contributed by atoms with Crippen LogP contribution >= 0.6 is 0 Å². The van der Waals surface area contributed by atoms with Gasteiger partial charge in [-0.25, -0.2) is 9.59 Å². The summed E-state index contributed by atoms with van der Waals surface area (Å²) in [5.74, 6) is -1.26. The maximum absolute atomic E-state index is 12.7. The van der Waals surface area contributed by atoms with Gasteiger partial charge in [0, 0.05) is 32.7 Å². The Hall–Kier alpha value is -1.79. The second-order valence-electron chi connectivity index (χ2n) is 6.79. The van der Waals surface area contributed by atoms with Gasteiger partial charge >= 0.3 is 12.0 Å². The van der Waals surface area contributed by atoms with Gasteiger partial charge < -0.3 is 19.8 Å². The molecule has 0 saturated carbocycles. The molecule has 3 saturated heterocycles. The number of carbonyl (C=O) groups excluding carboxylic acids is 2. The first-order chi connectivity index (χ1) is 11.1. The number of hydrogen-bond acceptors (Lipinski definition) is 3. The molecule has 1 unspecified atom stereocenters. The lowest BCUT2D eigenvalue weighted by Crippen LogP contribution is -2.51. The number of rotatable bonds is 2. The van der Waals surface area contributed by atoms with Crippen LogP contribution in [-0.2, 0) is 9.59 Å². The Bertz CT molecular complexity index is 490. The average Bonchev–Trinajstić information content (AvgIpc) is 3.24.